The Morgan fingerprint density at radius 1 is 1.31 bits per heavy atom. The molecule has 1 atom stereocenters. The fourth-order valence-electron chi connectivity index (χ4n) is 3.31. The van der Waals surface area contributed by atoms with Gasteiger partial charge in [-0.15, -0.1) is 0 Å². The first-order valence-corrected chi connectivity index (χ1v) is 9.07. The van der Waals surface area contributed by atoms with Gasteiger partial charge in [-0.1, -0.05) is 44.2 Å². The lowest BCUT2D eigenvalue weighted by Gasteiger charge is -2.22. The molecule has 1 aliphatic heterocycles. The molecule has 1 aliphatic rings. The largest absolute Gasteiger partial charge is 0.442 e. The Morgan fingerprint density at radius 3 is 2.69 bits per heavy atom. The molecule has 2 amide bonds. The molecule has 1 N–H and O–H groups in total. The molecule has 6 heteroatoms. The van der Waals surface area contributed by atoms with Gasteiger partial charge in [0.15, 0.2) is 0 Å². The number of aromatic nitrogens is 1. The van der Waals surface area contributed by atoms with Gasteiger partial charge >= 0.3 is 0 Å². The van der Waals surface area contributed by atoms with E-state index in [-0.39, 0.29) is 30.3 Å². The summed E-state index contributed by atoms with van der Waals surface area (Å²) in [5.41, 5.74) is 1.86. The number of oxazole rings is 1. The number of benzene rings is 1. The molecule has 6 nitrogen and oxygen atoms in total. The van der Waals surface area contributed by atoms with Crippen LogP contribution >= 0.6 is 0 Å². The topological polar surface area (TPSA) is 75.4 Å². The molecule has 1 aromatic carbocycles. The molecule has 2 heterocycles. The van der Waals surface area contributed by atoms with Gasteiger partial charge in [-0.25, -0.2) is 4.98 Å². The smallest absolute Gasteiger partial charge is 0.242 e. The summed E-state index contributed by atoms with van der Waals surface area (Å²) in [7, 11) is 0. The Hall–Kier alpha value is -2.63. The van der Waals surface area contributed by atoms with E-state index in [0.717, 1.165) is 29.9 Å². The van der Waals surface area contributed by atoms with Gasteiger partial charge in [-0.2, -0.15) is 0 Å². The first-order valence-electron chi connectivity index (χ1n) is 9.07. The molecule has 1 aromatic heterocycles. The molecular weight excluding hydrogens is 330 g/mol. The van der Waals surface area contributed by atoms with Gasteiger partial charge in [0.1, 0.15) is 17.5 Å². The molecule has 0 spiro atoms. The van der Waals surface area contributed by atoms with Crippen LogP contribution in [-0.4, -0.2) is 34.8 Å². The van der Waals surface area contributed by atoms with Crippen molar-refractivity contribution in [2.45, 2.75) is 45.6 Å². The molecule has 0 saturated carbocycles. The highest BCUT2D eigenvalue weighted by Gasteiger charge is 2.34. The minimum atomic E-state index is -0.210. The van der Waals surface area contributed by atoms with Crippen molar-refractivity contribution in [3.8, 4) is 11.3 Å². The van der Waals surface area contributed by atoms with Crippen LogP contribution in [0, 0.1) is 0 Å². The SMILES string of the molecule is CC(=O)NCC(=O)N1CCCC1c1nc(-c2ccccc2)c(C(C)C)o1. The average molecular weight is 355 g/mol. The van der Waals surface area contributed by atoms with E-state index < -0.39 is 0 Å². The van der Waals surface area contributed by atoms with Gasteiger partial charge in [0.25, 0.3) is 0 Å². The molecule has 26 heavy (non-hydrogen) atoms. The number of rotatable bonds is 5. The van der Waals surface area contributed by atoms with Gasteiger partial charge in [0, 0.05) is 24.9 Å². The van der Waals surface area contributed by atoms with E-state index in [1.165, 1.54) is 6.92 Å². The lowest BCUT2D eigenvalue weighted by atomic mass is 10.0. The quantitative estimate of drug-likeness (QED) is 0.893. The highest BCUT2D eigenvalue weighted by Crippen LogP contribution is 2.37. The van der Waals surface area contributed by atoms with Gasteiger partial charge in [-0.3, -0.25) is 9.59 Å². The predicted octanol–water partition coefficient (Wildman–Crippen LogP) is 3.26. The maximum Gasteiger partial charge on any atom is 0.242 e. The summed E-state index contributed by atoms with van der Waals surface area (Å²) in [6.45, 7) is 6.22. The number of nitrogens with one attached hydrogen (secondary N) is 1. The normalized spacial score (nSPS) is 16.9. The van der Waals surface area contributed by atoms with Gasteiger partial charge < -0.3 is 14.6 Å². The van der Waals surface area contributed by atoms with Crippen molar-refractivity contribution in [2.24, 2.45) is 0 Å². The monoisotopic (exact) mass is 355 g/mol. The molecular formula is C20H25N3O3. The number of carbonyl (C=O) groups excluding carboxylic acids is 2. The number of hydrogen-bond donors (Lipinski definition) is 1. The number of hydrogen-bond acceptors (Lipinski definition) is 4. The van der Waals surface area contributed by atoms with Gasteiger partial charge in [-0.05, 0) is 12.8 Å². The summed E-state index contributed by atoms with van der Waals surface area (Å²) >= 11 is 0. The van der Waals surface area contributed by atoms with Crippen LogP contribution in [0.25, 0.3) is 11.3 Å². The summed E-state index contributed by atoms with van der Waals surface area (Å²) < 4.78 is 6.13. The lowest BCUT2D eigenvalue weighted by Crippen LogP contribution is -2.39. The molecule has 138 valence electrons. The Balaban J connectivity index is 1.88. The van der Waals surface area contributed by atoms with Crippen molar-refractivity contribution in [3.05, 3.63) is 42.0 Å². The third-order valence-electron chi connectivity index (χ3n) is 4.59. The summed E-state index contributed by atoms with van der Waals surface area (Å²) in [6.07, 6.45) is 1.72. The van der Waals surface area contributed by atoms with E-state index in [9.17, 15) is 9.59 Å². The number of nitrogens with zero attached hydrogens (tertiary/aromatic N) is 2. The van der Waals surface area contributed by atoms with Crippen LogP contribution in [-0.2, 0) is 9.59 Å². The lowest BCUT2D eigenvalue weighted by molar-refractivity contribution is -0.133. The number of amides is 2. The van der Waals surface area contributed by atoms with Crippen LogP contribution in [0.4, 0.5) is 0 Å². The van der Waals surface area contributed by atoms with Crippen molar-refractivity contribution in [1.29, 1.82) is 0 Å². The van der Waals surface area contributed by atoms with Crippen molar-refractivity contribution < 1.29 is 14.0 Å². The van der Waals surface area contributed by atoms with Crippen LogP contribution in [0.1, 0.15) is 57.2 Å². The second kappa shape index (κ2) is 7.72. The Kier molecular flexibility index (Phi) is 5.40. The first-order chi connectivity index (χ1) is 12.5. The van der Waals surface area contributed by atoms with Crippen LogP contribution in [0.3, 0.4) is 0 Å². The molecule has 0 radical (unpaired) electrons. The second-order valence-electron chi connectivity index (χ2n) is 6.94. The Morgan fingerprint density at radius 2 is 2.04 bits per heavy atom. The Bertz CT molecular complexity index is 783. The zero-order valence-corrected chi connectivity index (χ0v) is 15.5. The standard InChI is InChI=1S/C20H25N3O3/c1-13(2)19-18(15-8-5-4-6-9-15)22-20(26-19)16-10-7-11-23(16)17(25)12-21-14(3)24/h4-6,8-9,13,16H,7,10-12H2,1-3H3,(H,21,24). The summed E-state index contributed by atoms with van der Waals surface area (Å²) in [4.78, 5) is 30.1. The molecule has 2 aromatic rings. The minimum Gasteiger partial charge on any atom is -0.442 e. The van der Waals surface area contributed by atoms with Crippen LogP contribution in [0.15, 0.2) is 34.7 Å². The van der Waals surface area contributed by atoms with E-state index in [1.54, 1.807) is 4.90 Å². The fraction of sp³-hybridized carbons (Fsp3) is 0.450. The van der Waals surface area contributed by atoms with Gasteiger partial charge in [0.05, 0.1) is 6.54 Å². The third-order valence-corrected chi connectivity index (χ3v) is 4.59. The molecule has 0 aliphatic carbocycles. The summed E-state index contributed by atoms with van der Waals surface area (Å²) in [5.74, 6) is 1.30. The zero-order valence-electron chi connectivity index (χ0n) is 15.5. The van der Waals surface area contributed by atoms with Crippen molar-refractivity contribution >= 4 is 11.8 Å². The average Bonchev–Trinajstić information content (AvgIpc) is 3.27. The van der Waals surface area contributed by atoms with E-state index >= 15 is 0 Å². The number of carbonyl (C=O) groups is 2. The van der Waals surface area contributed by atoms with Crippen molar-refractivity contribution in [2.75, 3.05) is 13.1 Å². The zero-order chi connectivity index (χ0) is 18.7. The van der Waals surface area contributed by atoms with Gasteiger partial charge in [0.2, 0.25) is 17.7 Å². The third kappa shape index (κ3) is 3.79. The molecule has 0 bridgehead atoms. The Labute approximate surface area is 153 Å². The molecule has 1 saturated heterocycles. The van der Waals surface area contributed by atoms with Crippen LogP contribution in [0.2, 0.25) is 0 Å². The van der Waals surface area contributed by atoms with Crippen LogP contribution < -0.4 is 5.32 Å². The predicted molar refractivity (Wildman–Crippen MR) is 98.4 cm³/mol. The van der Waals surface area contributed by atoms with E-state index in [4.69, 9.17) is 9.40 Å². The fourth-order valence-corrected chi connectivity index (χ4v) is 3.31. The van der Waals surface area contributed by atoms with E-state index in [2.05, 4.69) is 19.2 Å². The first kappa shape index (κ1) is 18.2. The number of likely N-dealkylation sites (tertiary alicyclic amines) is 1. The van der Waals surface area contributed by atoms with Crippen molar-refractivity contribution in [3.63, 3.8) is 0 Å². The summed E-state index contributed by atoms with van der Waals surface area (Å²) in [6, 6.07) is 9.79. The highest BCUT2D eigenvalue weighted by atomic mass is 16.4. The van der Waals surface area contributed by atoms with Crippen LogP contribution in [0.5, 0.6) is 0 Å². The molecule has 3 rings (SSSR count). The molecule has 1 unspecified atom stereocenters. The van der Waals surface area contributed by atoms with E-state index in [0.29, 0.717) is 12.4 Å². The summed E-state index contributed by atoms with van der Waals surface area (Å²) in [5, 5.41) is 2.57. The maximum absolute atomic E-state index is 12.5. The highest BCUT2D eigenvalue weighted by molar-refractivity contribution is 5.84. The van der Waals surface area contributed by atoms with E-state index in [1.807, 2.05) is 30.3 Å². The van der Waals surface area contributed by atoms with Crippen molar-refractivity contribution in [1.82, 2.24) is 15.2 Å². The second-order valence-corrected chi connectivity index (χ2v) is 6.94. The maximum atomic E-state index is 12.5. The molecule has 1 fully saturated rings. The minimum absolute atomic E-state index is 0.00905.